The molecule has 8 nitrogen and oxygen atoms in total. The summed E-state index contributed by atoms with van der Waals surface area (Å²) >= 11 is 1.54. The maximum atomic E-state index is 12.9. The molecule has 3 amide bonds. The Morgan fingerprint density at radius 1 is 0.944 bits per heavy atom. The van der Waals surface area contributed by atoms with Gasteiger partial charge < -0.3 is 9.73 Å². The molecule has 6 rings (SSSR count). The van der Waals surface area contributed by atoms with Gasteiger partial charge in [0, 0.05) is 18.0 Å². The standard InChI is InChI=1S/C27H18N4O4S/c32-24(29-14-18-6-8-22(35-18)25-30-21-3-1-2-4-23(21)36-25)17-5-7-19-20(13-17)27(34)31(26(19)33)15-16-9-11-28-12-10-16/h1-13H,14-15H2,(H,29,32). The molecule has 0 saturated carbocycles. The molecule has 1 N–H and O–H groups in total. The number of pyridine rings is 1. The average Bonchev–Trinajstić information content (AvgIpc) is 3.61. The fourth-order valence-corrected chi connectivity index (χ4v) is 5.01. The number of amides is 3. The summed E-state index contributed by atoms with van der Waals surface area (Å²) in [4.78, 5) is 48.2. The zero-order valence-corrected chi connectivity index (χ0v) is 19.6. The van der Waals surface area contributed by atoms with Crippen molar-refractivity contribution in [3.05, 3.63) is 107 Å². The monoisotopic (exact) mass is 494 g/mol. The third-order valence-electron chi connectivity index (χ3n) is 5.91. The molecule has 1 aliphatic rings. The molecule has 0 radical (unpaired) electrons. The van der Waals surface area contributed by atoms with Crippen LogP contribution in [0.2, 0.25) is 0 Å². The lowest BCUT2D eigenvalue weighted by molar-refractivity contribution is 0.0642. The van der Waals surface area contributed by atoms with Gasteiger partial charge in [0.05, 0.1) is 34.4 Å². The number of imide groups is 1. The predicted molar refractivity (Wildman–Crippen MR) is 133 cm³/mol. The second-order valence-electron chi connectivity index (χ2n) is 8.25. The highest BCUT2D eigenvalue weighted by molar-refractivity contribution is 7.21. The summed E-state index contributed by atoms with van der Waals surface area (Å²) in [5.41, 5.74) is 2.50. The van der Waals surface area contributed by atoms with Crippen LogP contribution in [-0.2, 0) is 13.1 Å². The highest BCUT2D eigenvalue weighted by atomic mass is 32.1. The van der Waals surface area contributed by atoms with Crippen LogP contribution in [0.15, 0.2) is 83.5 Å². The van der Waals surface area contributed by atoms with E-state index in [9.17, 15) is 14.4 Å². The Kier molecular flexibility index (Phi) is 5.38. The minimum Gasteiger partial charge on any atom is -0.457 e. The molecule has 0 saturated heterocycles. The molecule has 2 aromatic carbocycles. The summed E-state index contributed by atoms with van der Waals surface area (Å²) in [6.07, 6.45) is 3.22. The van der Waals surface area contributed by atoms with Crippen molar-refractivity contribution >= 4 is 39.3 Å². The van der Waals surface area contributed by atoms with Gasteiger partial charge in [-0.25, -0.2) is 4.98 Å². The molecule has 9 heteroatoms. The molecule has 3 aromatic heterocycles. The Labute approximate surface area is 209 Å². The van der Waals surface area contributed by atoms with Crippen molar-refractivity contribution in [1.29, 1.82) is 0 Å². The van der Waals surface area contributed by atoms with E-state index in [2.05, 4.69) is 15.3 Å². The number of nitrogens with one attached hydrogen (secondary N) is 1. The summed E-state index contributed by atoms with van der Waals surface area (Å²) in [6.45, 7) is 0.313. The third-order valence-corrected chi connectivity index (χ3v) is 6.96. The van der Waals surface area contributed by atoms with Crippen LogP contribution in [0, 0.1) is 0 Å². The fraction of sp³-hybridized carbons (Fsp3) is 0.0741. The summed E-state index contributed by atoms with van der Waals surface area (Å²) in [7, 11) is 0. The van der Waals surface area contributed by atoms with E-state index < -0.39 is 5.91 Å². The number of carbonyl (C=O) groups is 3. The first-order chi connectivity index (χ1) is 17.6. The highest BCUT2D eigenvalue weighted by Crippen LogP contribution is 2.31. The van der Waals surface area contributed by atoms with Crippen LogP contribution in [0.4, 0.5) is 0 Å². The molecule has 0 bridgehead atoms. The van der Waals surface area contributed by atoms with E-state index in [1.54, 1.807) is 36.7 Å². The van der Waals surface area contributed by atoms with Gasteiger partial charge in [-0.2, -0.15) is 0 Å². The van der Waals surface area contributed by atoms with Gasteiger partial charge in [0.2, 0.25) is 0 Å². The molecular formula is C27H18N4O4S. The highest BCUT2D eigenvalue weighted by Gasteiger charge is 2.36. The van der Waals surface area contributed by atoms with Gasteiger partial charge in [-0.15, -0.1) is 11.3 Å². The minimum absolute atomic E-state index is 0.145. The topological polar surface area (TPSA) is 105 Å². The lowest BCUT2D eigenvalue weighted by Gasteiger charge is -2.13. The second-order valence-corrected chi connectivity index (χ2v) is 9.28. The van der Waals surface area contributed by atoms with Crippen LogP contribution in [0.25, 0.3) is 21.0 Å². The lowest BCUT2D eigenvalue weighted by atomic mass is 10.1. The Morgan fingerprint density at radius 2 is 1.75 bits per heavy atom. The van der Waals surface area contributed by atoms with Crippen molar-refractivity contribution in [2.24, 2.45) is 0 Å². The number of hydrogen-bond acceptors (Lipinski definition) is 7. The van der Waals surface area contributed by atoms with Crippen molar-refractivity contribution in [3.63, 3.8) is 0 Å². The average molecular weight is 495 g/mol. The van der Waals surface area contributed by atoms with Crippen LogP contribution in [0.1, 0.15) is 42.4 Å². The first-order valence-electron chi connectivity index (χ1n) is 11.2. The van der Waals surface area contributed by atoms with E-state index >= 15 is 0 Å². The number of thiazole rings is 1. The second kappa shape index (κ2) is 8.86. The zero-order valence-electron chi connectivity index (χ0n) is 18.8. The SMILES string of the molecule is O=C(NCc1ccc(-c2nc3ccccc3s2)o1)c1ccc2c(c1)C(=O)N(Cc1ccncc1)C2=O. The van der Waals surface area contributed by atoms with Gasteiger partial charge in [-0.05, 0) is 60.2 Å². The van der Waals surface area contributed by atoms with Gasteiger partial charge in [0.1, 0.15) is 5.76 Å². The lowest BCUT2D eigenvalue weighted by Crippen LogP contribution is -2.29. The molecule has 0 spiro atoms. The smallest absolute Gasteiger partial charge is 0.261 e. The summed E-state index contributed by atoms with van der Waals surface area (Å²) in [5, 5.41) is 3.58. The van der Waals surface area contributed by atoms with Crippen molar-refractivity contribution in [2.45, 2.75) is 13.1 Å². The van der Waals surface area contributed by atoms with Gasteiger partial charge >= 0.3 is 0 Å². The summed E-state index contributed by atoms with van der Waals surface area (Å²) in [6, 6.07) is 19.5. The molecule has 0 atom stereocenters. The van der Waals surface area contributed by atoms with E-state index in [0.29, 0.717) is 17.1 Å². The summed E-state index contributed by atoms with van der Waals surface area (Å²) < 4.78 is 6.96. The van der Waals surface area contributed by atoms with Gasteiger partial charge in [-0.1, -0.05) is 12.1 Å². The van der Waals surface area contributed by atoms with E-state index in [1.165, 1.54) is 28.4 Å². The maximum absolute atomic E-state index is 12.9. The molecule has 4 heterocycles. The molecule has 0 aliphatic carbocycles. The fourth-order valence-electron chi connectivity index (χ4n) is 4.08. The predicted octanol–water partition coefficient (Wildman–Crippen LogP) is 4.68. The van der Waals surface area contributed by atoms with Gasteiger partial charge in [-0.3, -0.25) is 24.3 Å². The van der Waals surface area contributed by atoms with Crippen molar-refractivity contribution in [2.75, 3.05) is 0 Å². The molecular weight excluding hydrogens is 476 g/mol. The number of aromatic nitrogens is 2. The van der Waals surface area contributed by atoms with Crippen LogP contribution in [-0.4, -0.2) is 32.6 Å². The molecule has 0 fully saturated rings. The zero-order chi connectivity index (χ0) is 24.6. The van der Waals surface area contributed by atoms with Crippen LogP contribution in [0.3, 0.4) is 0 Å². The van der Waals surface area contributed by atoms with Gasteiger partial charge in [0.15, 0.2) is 10.8 Å². The largest absolute Gasteiger partial charge is 0.457 e. The number of nitrogens with zero attached hydrogens (tertiary/aromatic N) is 3. The van der Waals surface area contributed by atoms with Crippen LogP contribution < -0.4 is 5.32 Å². The Morgan fingerprint density at radius 3 is 2.58 bits per heavy atom. The third kappa shape index (κ3) is 3.95. The number of fused-ring (bicyclic) bond motifs is 2. The van der Waals surface area contributed by atoms with E-state index in [4.69, 9.17) is 4.42 Å². The number of para-hydroxylation sites is 1. The Balaban J connectivity index is 1.14. The molecule has 176 valence electrons. The van der Waals surface area contributed by atoms with Crippen molar-refractivity contribution in [1.82, 2.24) is 20.2 Å². The van der Waals surface area contributed by atoms with Crippen molar-refractivity contribution in [3.8, 4) is 10.8 Å². The first kappa shape index (κ1) is 21.9. The van der Waals surface area contributed by atoms with Crippen LogP contribution >= 0.6 is 11.3 Å². The maximum Gasteiger partial charge on any atom is 0.261 e. The molecule has 0 unspecified atom stereocenters. The number of hydrogen-bond donors (Lipinski definition) is 1. The number of rotatable bonds is 6. The Hall–Kier alpha value is -4.63. The quantitative estimate of drug-likeness (QED) is 0.344. The minimum atomic E-state index is -0.423. The van der Waals surface area contributed by atoms with E-state index in [-0.39, 0.29) is 36.0 Å². The Bertz CT molecular complexity index is 1610. The number of carbonyl (C=O) groups excluding carboxylic acids is 3. The van der Waals surface area contributed by atoms with E-state index in [0.717, 1.165) is 20.8 Å². The number of benzene rings is 2. The molecule has 5 aromatic rings. The molecule has 1 aliphatic heterocycles. The first-order valence-corrected chi connectivity index (χ1v) is 12.0. The van der Waals surface area contributed by atoms with Gasteiger partial charge in [0.25, 0.3) is 17.7 Å². The molecule has 36 heavy (non-hydrogen) atoms. The van der Waals surface area contributed by atoms with Crippen molar-refractivity contribution < 1.29 is 18.8 Å². The normalized spacial score (nSPS) is 12.8. The number of furan rings is 1. The van der Waals surface area contributed by atoms with E-state index in [1.807, 2.05) is 30.3 Å². The summed E-state index contributed by atoms with van der Waals surface area (Å²) in [5.74, 6) is 0.0400. The van der Waals surface area contributed by atoms with Crippen LogP contribution in [0.5, 0.6) is 0 Å².